The predicted octanol–water partition coefficient (Wildman–Crippen LogP) is 3.05. The molecular formula is C19H21N3O4. The number of aryl methyl sites for hydroxylation is 2. The van der Waals surface area contributed by atoms with Crippen LogP contribution in [0.4, 0.5) is 0 Å². The first-order valence-electron chi connectivity index (χ1n) is 8.24. The Morgan fingerprint density at radius 1 is 1.19 bits per heavy atom. The van der Waals surface area contributed by atoms with Crippen LogP contribution < -0.4 is 9.47 Å². The highest BCUT2D eigenvalue weighted by molar-refractivity contribution is 5.72. The molecule has 0 unspecified atom stereocenters. The Morgan fingerprint density at radius 2 is 1.96 bits per heavy atom. The summed E-state index contributed by atoms with van der Waals surface area (Å²) >= 11 is 0. The molecule has 0 saturated heterocycles. The maximum absolute atomic E-state index is 10.9. The van der Waals surface area contributed by atoms with E-state index in [0.717, 1.165) is 28.2 Å². The molecular weight excluding hydrogens is 334 g/mol. The molecule has 1 N–H and O–H groups in total. The monoisotopic (exact) mass is 355 g/mol. The molecule has 0 spiro atoms. The fourth-order valence-electron chi connectivity index (χ4n) is 3.06. The van der Waals surface area contributed by atoms with Crippen LogP contribution in [0.15, 0.2) is 24.3 Å². The van der Waals surface area contributed by atoms with Gasteiger partial charge in [0.1, 0.15) is 11.5 Å². The number of aromatic nitrogens is 3. The number of carboxylic acids is 1. The van der Waals surface area contributed by atoms with Gasteiger partial charge in [-0.05, 0) is 38.0 Å². The van der Waals surface area contributed by atoms with Gasteiger partial charge in [0.2, 0.25) is 0 Å². The van der Waals surface area contributed by atoms with E-state index in [1.165, 1.54) is 0 Å². The summed E-state index contributed by atoms with van der Waals surface area (Å²) in [6.45, 7) is 3.83. The Balaban J connectivity index is 2.10. The molecule has 0 bridgehead atoms. The Morgan fingerprint density at radius 3 is 2.62 bits per heavy atom. The lowest BCUT2D eigenvalue weighted by Gasteiger charge is -2.10. The summed E-state index contributed by atoms with van der Waals surface area (Å²) in [5.41, 5.74) is 4.91. The number of fused-ring (bicyclic) bond motifs is 1. The topological polar surface area (TPSA) is 86.0 Å². The minimum atomic E-state index is -0.826. The fourth-order valence-corrected chi connectivity index (χ4v) is 3.06. The van der Waals surface area contributed by atoms with E-state index in [1.54, 1.807) is 18.7 Å². The lowest BCUT2D eigenvalue weighted by Crippen LogP contribution is -2.07. The predicted molar refractivity (Wildman–Crippen MR) is 97.0 cm³/mol. The molecule has 0 aliphatic carbocycles. The number of rotatable bonds is 6. The van der Waals surface area contributed by atoms with Crippen LogP contribution >= 0.6 is 0 Å². The highest BCUT2D eigenvalue weighted by atomic mass is 16.5. The van der Waals surface area contributed by atoms with Gasteiger partial charge >= 0.3 is 5.97 Å². The Bertz CT molecular complexity index is 979. The molecule has 0 aliphatic heterocycles. The summed E-state index contributed by atoms with van der Waals surface area (Å²) in [6, 6.07) is 7.45. The third kappa shape index (κ3) is 3.20. The van der Waals surface area contributed by atoms with E-state index in [1.807, 2.05) is 38.1 Å². The number of carbonyl (C=O) groups is 1. The molecule has 0 saturated carbocycles. The smallest absolute Gasteiger partial charge is 0.303 e. The normalized spacial score (nSPS) is 10.9. The summed E-state index contributed by atoms with van der Waals surface area (Å²) in [4.78, 5) is 15.5. The molecule has 2 heterocycles. The van der Waals surface area contributed by atoms with Crippen molar-refractivity contribution in [1.29, 1.82) is 0 Å². The Labute approximate surface area is 151 Å². The first kappa shape index (κ1) is 17.7. The van der Waals surface area contributed by atoms with Crippen molar-refractivity contribution in [3.05, 3.63) is 41.2 Å². The Hall–Kier alpha value is -3.09. The summed E-state index contributed by atoms with van der Waals surface area (Å²) < 4.78 is 12.5. The fraction of sp³-hybridized carbons (Fsp3) is 0.316. The highest BCUT2D eigenvalue weighted by Gasteiger charge is 2.16. The van der Waals surface area contributed by atoms with E-state index in [2.05, 4.69) is 10.1 Å². The van der Waals surface area contributed by atoms with E-state index >= 15 is 0 Å². The van der Waals surface area contributed by atoms with Crippen molar-refractivity contribution in [2.75, 3.05) is 14.2 Å². The minimum Gasteiger partial charge on any atom is -0.497 e. The molecule has 3 aromatic rings. The van der Waals surface area contributed by atoms with Crippen LogP contribution in [0, 0.1) is 13.8 Å². The number of hydrogen-bond donors (Lipinski definition) is 1. The molecule has 0 amide bonds. The zero-order valence-electron chi connectivity index (χ0n) is 15.2. The zero-order valence-corrected chi connectivity index (χ0v) is 15.2. The lowest BCUT2D eigenvalue weighted by molar-refractivity contribution is -0.136. The standard InChI is InChI=1S/C19H21N3O4/c1-11-14(7-8-19(23)24)12(2)22-18(20-11)10-16(21-22)15-6-5-13(25-3)9-17(15)26-4/h5-6,9-10H,7-8H2,1-4H3,(H,23,24). The van der Waals surface area contributed by atoms with Crippen LogP contribution in [-0.2, 0) is 11.2 Å². The van der Waals surface area contributed by atoms with Gasteiger partial charge in [0.05, 0.1) is 19.9 Å². The summed E-state index contributed by atoms with van der Waals surface area (Å²) in [6.07, 6.45) is 0.492. The summed E-state index contributed by atoms with van der Waals surface area (Å²) in [5.74, 6) is 0.539. The summed E-state index contributed by atoms with van der Waals surface area (Å²) in [7, 11) is 3.21. The van der Waals surface area contributed by atoms with Crippen LogP contribution in [0.2, 0.25) is 0 Å². The van der Waals surface area contributed by atoms with E-state index in [0.29, 0.717) is 23.6 Å². The third-order valence-corrected chi connectivity index (χ3v) is 4.44. The van der Waals surface area contributed by atoms with Crippen molar-refractivity contribution in [3.63, 3.8) is 0 Å². The van der Waals surface area contributed by atoms with Crippen molar-refractivity contribution in [3.8, 4) is 22.8 Å². The second-order valence-electron chi connectivity index (χ2n) is 6.02. The van der Waals surface area contributed by atoms with Crippen LogP contribution in [0.1, 0.15) is 23.4 Å². The van der Waals surface area contributed by atoms with E-state index < -0.39 is 5.97 Å². The van der Waals surface area contributed by atoms with E-state index in [-0.39, 0.29) is 6.42 Å². The number of carboxylic acid groups (broad SMARTS) is 1. The van der Waals surface area contributed by atoms with Gasteiger partial charge in [0.15, 0.2) is 5.65 Å². The maximum Gasteiger partial charge on any atom is 0.303 e. The summed E-state index contributed by atoms with van der Waals surface area (Å²) in [5, 5.41) is 13.6. The van der Waals surface area contributed by atoms with Gasteiger partial charge in [0.25, 0.3) is 0 Å². The average Bonchev–Trinajstić information content (AvgIpc) is 3.04. The molecule has 26 heavy (non-hydrogen) atoms. The van der Waals surface area contributed by atoms with Crippen molar-refractivity contribution in [2.24, 2.45) is 0 Å². The Kier molecular flexibility index (Phi) is 4.79. The average molecular weight is 355 g/mol. The van der Waals surface area contributed by atoms with Crippen molar-refractivity contribution in [1.82, 2.24) is 14.6 Å². The lowest BCUT2D eigenvalue weighted by atomic mass is 10.1. The molecule has 136 valence electrons. The molecule has 2 aromatic heterocycles. The molecule has 0 aliphatic rings. The van der Waals surface area contributed by atoms with Gasteiger partial charge in [-0.2, -0.15) is 5.10 Å². The van der Waals surface area contributed by atoms with Crippen molar-refractivity contribution >= 4 is 11.6 Å². The molecule has 7 nitrogen and oxygen atoms in total. The van der Waals surface area contributed by atoms with Crippen LogP contribution in [0.3, 0.4) is 0 Å². The number of nitrogens with zero attached hydrogens (tertiary/aromatic N) is 3. The first-order valence-corrected chi connectivity index (χ1v) is 8.24. The second kappa shape index (κ2) is 7.03. The highest BCUT2D eigenvalue weighted by Crippen LogP contribution is 2.33. The van der Waals surface area contributed by atoms with Gasteiger partial charge < -0.3 is 14.6 Å². The van der Waals surface area contributed by atoms with E-state index in [4.69, 9.17) is 14.6 Å². The number of hydrogen-bond acceptors (Lipinski definition) is 5. The molecule has 0 radical (unpaired) electrons. The number of aliphatic carboxylic acids is 1. The van der Waals surface area contributed by atoms with Gasteiger partial charge in [-0.1, -0.05) is 0 Å². The van der Waals surface area contributed by atoms with Gasteiger partial charge in [0, 0.05) is 35.5 Å². The SMILES string of the molecule is COc1ccc(-c2cc3nc(C)c(CCC(=O)O)c(C)n3n2)c(OC)c1. The van der Waals surface area contributed by atoms with Crippen LogP contribution in [0.25, 0.3) is 16.9 Å². The largest absolute Gasteiger partial charge is 0.497 e. The zero-order chi connectivity index (χ0) is 18.8. The van der Waals surface area contributed by atoms with Gasteiger partial charge in [-0.15, -0.1) is 0 Å². The first-order chi connectivity index (χ1) is 12.4. The minimum absolute atomic E-state index is 0.0648. The van der Waals surface area contributed by atoms with E-state index in [9.17, 15) is 4.79 Å². The van der Waals surface area contributed by atoms with Crippen LogP contribution in [-0.4, -0.2) is 39.9 Å². The van der Waals surface area contributed by atoms with Crippen molar-refractivity contribution in [2.45, 2.75) is 26.7 Å². The number of benzene rings is 1. The third-order valence-electron chi connectivity index (χ3n) is 4.44. The molecule has 3 rings (SSSR count). The van der Waals surface area contributed by atoms with Gasteiger partial charge in [-0.3, -0.25) is 4.79 Å². The number of ether oxygens (including phenoxy) is 2. The number of methoxy groups -OCH3 is 2. The molecule has 7 heteroatoms. The maximum atomic E-state index is 10.9. The van der Waals surface area contributed by atoms with Crippen molar-refractivity contribution < 1.29 is 19.4 Å². The van der Waals surface area contributed by atoms with Crippen LogP contribution in [0.5, 0.6) is 11.5 Å². The molecule has 0 fully saturated rings. The second-order valence-corrected chi connectivity index (χ2v) is 6.02. The van der Waals surface area contributed by atoms with Gasteiger partial charge in [-0.25, -0.2) is 9.50 Å². The molecule has 1 aromatic carbocycles. The molecule has 0 atom stereocenters. The quantitative estimate of drug-likeness (QED) is 0.731.